The summed E-state index contributed by atoms with van der Waals surface area (Å²) in [5.41, 5.74) is 0.571. The lowest BCUT2D eigenvalue weighted by Gasteiger charge is -2.14. The molecule has 1 rings (SSSR count). The van der Waals surface area contributed by atoms with Crippen molar-refractivity contribution in [2.75, 3.05) is 13.7 Å². The van der Waals surface area contributed by atoms with Crippen LogP contribution in [-0.4, -0.2) is 13.7 Å². The lowest BCUT2D eigenvalue weighted by atomic mass is 10.1. The molecule has 0 amide bonds. The first-order valence-corrected chi connectivity index (χ1v) is 6.33. The van der Waals surface area contributed by atoms with Gasteiger partial charge in [-0.3, -0.25) is 0 Å². The zero-order valence-corrected chi connectivity index (χ0v) is 11.2. The van der Waals surface area contributed by atoms with Gasteiger partial charge in [-0.2, -0.15) is 0 Å². The molecule has 0 spiro atoms. The van der Waals surface area contributed by atoms with Crippen LogP contribution in [0.25, 0.3) is 0 Å². The predicted molar refractivity (Wildman–Crippen MR) is 68.7 cm³/mol. The standard InChI is InChI=1S/C14H21F2NO/c1-4-5-10(2)9-18-14-12(15)6-11(8-17-3)7-13(14)16/h6-7,10,17H,4-5,8-9H2,1-3H3. The largest absolute Gasteiger partial charge is 0.487 e. The smallest absolute Gasteiger partial charge is 0.190 e. The molecule has 0 saturated heterocycles. The molecule has 0 heterocycles. The quantitative estimate of drug-likeness (QED) is 0.807. The molecule has 0 fully saturated rings. The fourth-order valence-electron chi connectivity index (χ4n) is 1.86. The second-order valence-electron chi connectivity index (χ2n) is 4.62. The van der Waals surface area contributed by atoms with Gasteiger partial charge in [0.25, 0.3) is 0 Å². The molecule has 4 heteroatoms. The van der Waals surface area contributed by atoms with Gasteiger partial charge < -0.3 is 10.1 Å². The minimum Gasteiger partial charge on any atom is -0.487 e. The number of rotatable bonds is 7. The number of nitrogens with one attached hydrogen (secondary N) is 1. The highest BCUT2D eigenvalue weighted by Gasteiger charge is 2.13. The van der Waals surface area contributed by atoms with Crippen LogP contribution in [0.1, 0.15) is 32.3 Å². The summed E-state index contributed by atoms with van der Waals surface area (Å²) in [5.74, 6) is -1.24. The van der Waals surface area contributed by atoms with Crippen LogP contribution in [-0.2, 0) is 6.54 Å². The lowest BCUT2D eigenvalue weighted by molar-refractivity contribution is 0.231. The molecule has 1 atom stereocenters. The van der Waals surface area contributed by atoms with E-state index in [9.17, 15) is 8.78 Å². The Morgan fingerprint density at radius 1 is 1.28 bits per heavy atom. The average molecular weight is 257 g/mol. The molecule has 1 unspecified atom stereocenters. The fraction of sp³-hybridized carbons (Fsp3) is 0.571. The highest BCUT2D eigenvalue weighted by molar-refractivity contribution is 5.31. The third kappa shape index (κ3) is 4.26. The van der Waals surface area contributed by atoms with E-state index >= 15 is 0 Å². The summed E-state index contributed by atoms with van der Waals surface area (Å²) in [4.78, 5) is 0. The van der Waals surface area contributed by atoms with E-state index in [1.54, 1.807) is 7.05 Å². The van der Waals surface area contributed by atoms with Crippen LogP contribution in [0.2, 0.25) is 0 Å². The molecule has 0 aliphatic heterocycles. The Labute approximate surface area is 107 Å². The van der Waals surface area contributed by atoms with Crippen molar-refractivity contribution in [3.63, 3.8) is 0 Å². The van der Waals surface area contributed by atoms with E-state index in [2.05, 4.69) is 12.2 Å². The van der Waals surface area contributed by atoms with Crippen LogP contribution in [0.4, 0.5) is 8.78 Å². The van der Waals surface area contributed by atoms with E-state index in [1.807, 2.05) is 6.92 Å². The summed E-state index contributed by atoms with van der Waals surface area (Å²) in [6.45, 7) is 4.85. The van der Waals surface area contributed by atoms with E-state index in [0.717, 1.165) is 12.8 Å². The highest BCUT2D eigenvalue weighted by Crippen LogP contribution is 2.24. The molecular weight excluding hydrogens is 236 g/mol. The second kappa shape index (κ2) is 7.31. The summed E-state index contributed by atoms with van der Waals surface area (Å²) >= 11 is 0. The SMILES string of the molecule is CCCC(C)COc1c(F)cc(CNC)cc1F. The van der Waals surface area contributed by atoms with Crippen LogP contribution in [0, 0.1) is 17.6 Å². The first kappa shape index (κ1) is 14.9. The zero-order chi connectivity index (χ0) is 13.5. The van der Waals surface area contributed by atoms with Crippen molar-refractivity contribution in [1.29, 1.82) is 0 Å². The molecule has 1 aromatic rings. The molecule has 0 aliphatic rings. The molecule has 1 aromatic carbocycles. The normalized spacial score (nSPS) is 12.5. The Hall–Kier alpha value is -1.16. The van der Waals surface area contributed by atoms with Crippen molar-refractivity contribution >= 4 is 0 Å². The number of hydrogen-bond donors (Lipinski definition) is 1. The molecule has 0 aliphatic carbocycles. The van der Waals surface area contributed by atoms with Crippen LogP contribution < -0.4 is 10.1 Å². The first-order chi connectivity index (χ1) is 8.58. The maximum atomic E-state index is 13.7. The molecule has 18 heavy (non-hydrogen) atoms. The monoisotopic (exact) mass is 257 g/mol. The number of hydrogen-bond acceptors (Lipinski definition) is 2. The van der Waals surface area contributed by atoms with Gasteiger partial charge >= 0.3 is 0 Å². The summed E-state index contributed by atoms with van der Waals surface area (Å²) in [5, 5.41) is 2.85. The van der Waals surface area contributed by atoms with Crippen molar-refractivity contribution in [1.82, 2.24) is 5.32 Å². The predicted octanol–water partition coefficient (Wildman–Crippen LogP) is 3.50. The van der Waals surface area contributed by atoms with Gasteiger partial charge in [0.2, 0.25) is 0 Å². The van der Waals surface area contributed by atoms with Crippen molar-refractivity contribution < 1.29 is 13.5 Å². The molecule has 0 radical (unpaired) electrons. The van der Waals surface area contributed by atoms with Crippen LogP contribution in [0.5, 0.6) is 5.75 Å². The Balaban J connectivity index is 2.71. The van der Waals surface area contributed by atoms with Gasteiger partial charge in [-0.15, -0.1) is 0 Å². The second-order valence-corrected chi connectivity index (χ2v) is 4.62. The topological polar surface area (TPSA) is 21.3 Å². The Kier molecular flexibility index (Phi) is 6.05. The Bertz CT molecular complexity index is 359. The van der Waals surface area contributed by atoms with Crippen molar-refractivity contribution in [2.24, 2.45) is 5.92 Å². The van der Waals surface area contributed by atoms with Crippen molar-refractivity contribution in [3.05, 3.63) is 29.3 Å². The molecule has 1 N–H and O–H groups in total. The molecular formula is C14H21F2NO. The van der Waals surface area contributed by atoms with E-state index < -0.39 is 11.6 Å². The van der Waals surface area contributed by atoms with Gasteiger partial charge in [-0.1, -0.05) is 20.3 Å². The molecule has 0 saturated carbocycles. The maximum Gasteiger partial charge on any atom is 0.190 e. The van der Waals surface area contributed by atoms with Gasteiger partial charge in [-0.05, 0) is 37.1 Å². The summed E-state index contributed by atoms with van der Waals surface area (Å²) in [7, 11) is 1.73. The third-order valence-electron chi connectivity index (χ3n) is 2.73. The molecule has 102 valence electrons. The van der Waals surface area contributed by atoms with E-state index in [1.165, 1.54) is 12.1 Å². The van der Waals surface area contributed by atoms with Crippen LogP contribution in [0.3, 0.4) is 0 Å². The number of ether oxygens (including phenoxy) is 1. The van der Waals surface area contributed by atoms with Crippen molar-refractivity contribution in [2.45, 2.75) is 33.2 Å². The Morgan fingerprint density at radius 2 is 1.89 bits per heavy atom. The van der Waals surface area contributed by atoms with E-state index in [-0.39, 0.29) is 5.75 Å². The maximum absolute atomic E-state index is 13.7. The van der Waals surface area contributed by atoms with Gasteiger partial charge in [0.15, 0.2) is 17.4 Å². The minimum atomic E-state index is -0.635. The molecule has 0 bridgehead atoms. The fourth-order valence-corrected chi connectivity index (χ4v) is 1.86. The summed E-state index contributed by atoms with van der Waals surface area (Å²) in [6, 6.07) is 2.61. The van der Waals surface area contributed by atoms with Gasteiger partial charge in [0.1, 0.15) is 0 Å². The minimum absolute atomic E-state index is 0.266. The van der Waals surface area contributed by atoms with Gasteiger partial charge in [0, 0.05) is 6.54 Å². The Morgan fingerprint density at radius 3 is 2.39 bits per heavy atom. The van der Waals surface area contributed by atoms with Crippen molar-refractivity contribution in [3.8, 4) is 5.75 Å². The summed E-state index contributed by atoms with van der Waals surface area (Å²) in [6.07, 6.45) is 2.03. The first-order valence-electron chi connectivity index (χ1n) is 6.33. The lowest BCUT2D eigenvalue weighted by Crippen LogP contribution is -2.11. The number of benzene rings is 1. The molecule has 2 nitrogen and oxygen atoms in total. The average Bonchev–Trinajstić information content (AvgIpc) is 2.28. The molecule has 0 aromatic heterocycles. The van der Waals surface area contributed by atoms with Crippen LogP contribution >= 0.6 is 0 Å². The zero-order valence-electron chi connectivity index (χ0n) is 11.2. The van der Waals surface area contributed by atoms with Gasteiger partial charge in [-0.25, -0.2) is 8.78 Å². The van der Waals surface area contributed by atoms with E-state index in [0.29, 0.717) is 24.6 Å². The summed E-state index contributed by atoms with van der Waals surface area (Å²) < 4.78 is 32.6. The van der Waals surface area contributed by atoms with Crippen LogP contribution in [0.15, 0.2) is 12.1 Å². The third-order valence-corrected chi connectivity index (χ3v) is 2.73. The number of halogens is 2. The van der Waals surface area contributed by atoms with E-state index in [4.69, 9.17) is 4.74 Å². The van der Waals surface area contributed by atoms with Gasteiger partial charge in [0.05, 0.1) is 6.61 Å². The highest BCUT2D eigenvalue weighted by atomic mass is 19.1.